The molecule has 118 valence electrons. The van der Waals surface area contributed by atoms with Crippen molar-refractivity contribution in [3.63, 3.8) is 0 Å². The van der Waals surface area contributed by atoms with Gasteiger partial charge in [-0.2, -0.15) is 5.10 Å². The van der Waals surface area contributed by atoms with E-state index in [9.17, 15) is 5.11 Å². The molecular formula is C19H26N2O. The second kappa shape index (κ2) is 5.99. The van der Waals surface area contributed by atoms with Crippen LogP contribution in [0.3, 0.4) is 0 Å². The highest BCUT2D eigenvalue weighted by molar-refractivity contribution is 5.75. The maximum atomic E-state index is 10.6. The Kier molecular flexibility index (Phi) is 4.45. The van der Waals surface area contributed by atoms with Gasteiger partial charge in [-0.05, 0) is 64.7 Å². The lowest BCUT2D eigenvalue weighted by Crippen LogP contribution is -1.99. The summed E-state index contributed by atoms with van der Waals surface area (Å²) in [7, 11) is 1.96. The minimum absolute atomic E-state index is 0.393. The number of aromatic nitrogens is 2. The van der Waals surface area contributed by atoms with Gasteiger partial charge < -0.3 is 5.11 Å². The Balaban J connectivity index is 2.79. The molecule has 1 aromatic heterocycles. The average molecular weight is 298 g/mol. The zero-order valence-electron chi connectivity index (χ0n) is 14.7. The first-order valence-electron chi connectivity index (χ1n) is 7.72. The summed E-state index contributed by atoms with van der Waals surface area (Å²) < 4.78 is 1.91. The van der Waals surface area contributed by atoms with Crippen LogP contribution in [0.5, 0.6) is 5.75 Å². The van der Waals surface area contributed by atoms with E-state index in [-0.39, 0.29) is 0 Å². The zero-order valence-corrected chi connectivity index (χ0v) is 14.7. The molecule has 0 saturated heterocycles. The fourth-order valence-corrected chi connectivity index (χ4v) is 2.89. The van der Waals surface area contributed by atoms with Crippen molar-refractivity contribution < 1.29 is 5.11 Å². The Bertz CT molecular complexity index is 752. The molecule has 2 aromatic rings. The number of benzene rings is 1. The minimum Gasteiger partial charge on any atom is -0.507 e. The van der Waals surface area contributed by atoms with Crippen LogP contribution in [0, 0.1) is 27.7 Å². The van der Waals surface area contributed by atoms with E-state index in [1.807, 2.05) is 31.6 Å². The maximum Gasteiger partial charge on any atom is 0.122 e. The molecule has 22 heavy (non-hydrogen) atoms. The van der Waals surface area contributed by atoms with E-state index >= 15 is 0 Å². The minimum atomic E-state index is 0.393. The number of phenols is 1. The lowest BCUT2D eigenvalue weighted by molar-refractivity contribution is 0.465. The molecule has 0 aliphatic carbocycles. The Morgan fingerprint density at radius 3 is 2.36 bits per heavy atom. The highest BCUT2D eigenvalue weighted by Crippen LogP contribution is 2.38. The van der Waals surface area contributed by atoms with Crippen molar-refractivity contribution in [2.75, 3.05) is 0 Å². The van der Waals surface area contributed by atoms with Gasteiger partial charge in [-0.25, -0.2) is 0 Å². The van der Waals surface area contributed by atoms with Crippen molar-refractivity contribution in [2.24, 2.45) is 7.05 Å². The largest absolute Gasteiger partial charge is 0.507 e. The molecular weight excluding hydrogens is 272 g/mol. The smallest absolute Gasteiger partial charge is 0.122 e. The SMILES string of the molecule is C/C=C(\C)Cc1c(O)c(C)cc(C)c1-c1nn(C)c(C)c1C. The van der Waals surface area contributed by atoms with Crippen LogP contribution in [0.1, 0.15) is 41.8 Å². The number of nitrogens with zero attached hydrogens (tertiary/aromatic N) is 2. The first-order chi connectivity index (χ1) is 10.3. The summed E-state index contributed by atoms with van der Waals surface area (Å²) >= 11 is 0. The van der Waals surface area contributed by atoms with Crippen molar-refractivity contribution in [3.05, 3.63) is 45.7 Å². The summed E-state index contributed by atoms with van der Waals surface area (Å²) in [6.07, 6.45) is 2.84. The molecule has 0 aliphatic rings. The molecule has 0 aliphatic heterocycles. The molecule has 1 N–H and O–H groups in total. The fourth-order valence-electron chi connectivity index (χ4n) is 2.89. The normalized spacial score (nSPS) is 12.0. The number of phenolic OH excluding ortho intramolecular Hbond substituents is 1. The van der Waals surface area contributed by atoms with Gasteiger partial charge in [0.1, 0.15) is 5.75 Å². The van der Waals surface area contributed by atoms with Crippen LogP contribution in [0.4, 0.5) is 0 Å². The molecule has 0 atom stereocenters. The second-order valence-corrected chi connectivity index (χ2v) is 6.21. The van der Waals surface area contributed by atoms with Crippen LogP contribution in [-0.4, -0.2) is 14.9 Å². The van der Waals surface area contributed by atoms with Gasteiger partial charge >= 0.3 is 0 Å². The Morgan fingerprint density at radius 1 is 1.23 bits per heavy atom. The van der Waals surface area contributed by atoms with Crippen LogP contribution in [0.25, 0.3) is 11.3 Å². The van der Waals surface area contributed by atoms with E-state index in [4.69, 9.17) is 5.10 Å². The highest BCUT2D eigenvalue weighted by Gasteiger charge is 2.20. The van der Waals surface area contributed by atoms with E-state index < -0.39 is 0 Å². The molecule has 0 bridgehead atoms. The van der Waals surface area contributed by atoms with E-state index in [0.29, 0.717) is 5.75 Å². The monoisotopic (exact) mass is 298 g/mol. The van der Waals surface area contributed by atoms with Crippen molar-refractivity contribution in [1.82, 2.24) is 9.78 Å². The lowest BCUT2D eigenvalue weighted by Gasteiger charge is -2.16. The Morgan fingerprint density at radius 2 is 1.86 bits per heavy atom. The van der Waals surface area contributed by atoms with E-state index in [1.54, 1.807) is 0 Å². The molecule has 1 heterocycles. The molecule has 0 saturated carbocycles. The summed E-state index contributed by atoms with van der Waals surface area (Å²) in [4.78, 5) is 0. The molecule has 3 nitrogen and oxygen atoms in total. The topological polar surface area (TPSA) is 38.1 Å². The van der Waals surface area contributed by atoms with Crippen LogP contribution in [-0.2, 0) is 13.5 Å². The second-order valence-electron chi connectivity index (χ2n) is 6.21. The molecule has 2 rings (SSSR count). The van der Waals surface area contributed by atoms with Crippen LogP contribution in [0.2, 0.25) is 0 Å². The maximum absolute atomic E-state index is 10.6. The quantitative estimate of drug-likeness (QED) is 0.845. The number of aryl methyl sites for hydroxylation is 3. The van der Waals surface area contributed by atoms with E-state index in [1.165, 1.54) is 11.1 Å². The molecule has 0 amide bonds. The van der Waals surface area contributed by atoms with Crippen molar-refractivity contribution in [1.29, 1.82) is 0 Å². The molecule has 0 fully saturated rings. The van der Waals surface area contributed by atoms with E-state index in [0.717, 1.165) is 40.1 Å². The summed E-state index contributed by atoms with van der Waals surface area (Å²) in [5, 5.41) is 15.3. The van der Waals surface area contributed by atoms with Gasteiger partial charge in [-0.15, -0.1) is 0 Å². The highest BCUT2D eigenvalue weighted by atomic mass is 16.3. The summed E-state index contributed by atoms with van der Waals surface area (Å²) in [5.41, 5.74) is 8.69. The lowest BCUT2D eigenvalue weighted by atomic mass is 9.90. The third-order valence-corrected chi connectivity index (χ3v) is 4.61. The number of hydrogen-bond donors (Lipinski definition) is 1. The van der Waals surface area contributed by atoms with Gasteiger partial charge in [0.15, 0.2) is 0 Å². The van der Waals surface area contributed by atoms with Gasteiger partial charge in [-0.3, -0.25) is 4.68 Å². The molecule has 0 spiro atoms. The van der Waals surface area contributed by atoms with Crippen LogP contribution in [0.15, 0.2) is 17.7 Å². The summed E-state index contributed by atoms with van der Waals surface area (Å²) in [6, 6.07) is 2.04. The van der Waals surface area contributed by atoms with Gasteiger partial charge in [0.2, 0.25) is 0 Å². The Labute approximate surface area is 133 Å². The van der Waals surface area contributed by atoms with E-state index in [2.05, 4.69) is 33.8 Å². The predicted molar refractivity (Wildman–Crippen MR) is 92.4 cm³/mol. The fraction of sp³-hybridized carbons (Fsp3) is 0.421. The first kappa shape index (κ1) is 16.3. The standard InChI is InChI=1S/C19H26N2O/c1-8-11(2)9-16-17(12(3)10-13(4)19(16)22)18-14(5)15(6)21(7)20-18/h8,10,22H,9H2,1-7H3/b11-8+. The number of aromatic hydroxyl groups is 1. The molecule has 3 heteroatoms. The zero-order chi connectivity index (χ0) is 16.6. The molecule has 0 unspecified atom stereocenters. The van der Waals surface area contributed by atoms with Crippen LogP contribution < -0.4 is 0 Å². The van der Waals surface area contributed by atoms with Crippen molar-refractivity contribution >= 4 is 0 Å². The molecule has 1 aromatic carbocycles. The Hall–Kier alpha value is -2.03. The van der Waals surface area contributed by atoms with Crippen molar-refractivity contribution in [3.8, 4) is 17.0 Å². The van der Waals surface area contributed by atoms with Gasteiger partial charge in [0, 0.05) is 23.9 Å². The predicted octanol–water partition coefficient (Wildman–Crippen LogP) is 4.54. The molecule has 0 radical (unpaired) electrons. The third kappa shape index (κ3) is 2.68. The number of rotatable bonds is 3. The van der Waals surface area contributed by atoms with Crippen molar-refractivity contribution in [2.45, 2.75) is 48.0 Å². The van der Waals surface area contributed by atoms with Gasteiger partial charge in [-0.1, -0.05) is 17.7 Å². The first-order valence-corrected chi connectivity index (χ1v) is 7.72. The van der Waals surface area contributed by atoms with Gasteiger partial charge in [0.25, 0.3) is 0 Å². The number of allylic oxidation sites excluding steroid dienone is 2. The van der Waals surface area contributed by atoms with Gasteiger partial charge in [0.05, 0.1) is 5.69 Å². The average Bonchev–Trinajstić information content (AvgIpc) is 2.72. The number of hydrogen-bond acceptors (Lipinski definition) is 2. The summed E-state index contributed by atoms with van der Waals surface area (Å²) in [5.74, 6) is 0.393. The third-order valence-electron chi connectivity index (χ3n) is 4.61. The summed E-state index contributed by atoms with van der Waals surface area (Å²) in [6.45, 7) is 12.4. The van der Waals surface area contributed by atoms with Crippen LogP contribution >= 0.6 is 0 Å².